The number of piperidine rings is 1. The highest BCUT2D eigenvalue weighted by Crippen LogP contribution is 2.44. The molecular formula is C19H35NO3. The van der Waals surface area contributed by atoms with Crippen LogP contribution in [0.1, 0.15) is 51.9 Å². The Bertz CT molecular complexity index is 352. The zero-order valence-electron chi connectivity index (χ0n) is 15.0. The van der Waals surface area contributed by atoms with Crippen LogP contribution in [-0.2, 0) is 14.2 Å². The predicted molar refractivity (Wildman–Crippen MR) is 91.6 cm³/mol. The average molecular weight is 325 g/mol. The van der Waals surface area contributed by atoms with E-state index in [1.54, 1.807) is 7.11 Å². The van der Waals surface area contributed by atoms with Gasteiger partial charge in [0, 0.05) is 13.2 Å². The Balaban J connectivity index is 1.68. The third-order valence-corrected chi connectivity index (χ3v) is 6.28. The van der Waals surface area contributed by atoms with Crippen LogP contribution in [0.15, 0.2) is 0 Å². The summed E-state index contributed by atoms with van der Waals surface area (Å²) in [7, 11) is 1.74. The number of fused-ring (bicyclic) bond motifs is 2. The summed E-state index contributed by atoms with van der Waals surface area (Å²) < 4.78 is 17.6. The lowest BCUT2D eigenvalue weighted by molar-refractivity contribution is -0.0769. The molecule has 2 heterocycles. The first-order chi connectivity index (χ1) is 11.3. The van der Waals surface area contributed by atoms with E-state index in [1.165, 1.54) is 45.1 Å². The molecule has 3 aliphatic rings. The fourth-order valence-electron chi connectivity index (χ4n) is 5.22. The molecule has 0 aromatic heterocycles. The summed E-state index contributed by atoms with van der Waals surface area (Å²) in [4.78, 5) is 0. The molecule has 2 saturated heterocycles. The first-order valence-electron chi connectivity index (χ1n) is 9.79. The van der Waals surface area contributed by atoms with Crippen molar-refractivity contribution in [3.05, 3.63) is 0 Å². The Hall–Kier alpha value is -0.160. The number of ether oxygens (including phenoxy) is 3. The molecule has 2 aliphatic heterocycles. The Morgan fingerprint density at radius 2 is 2.04 bits per heavy atom. The molecule has 1 N–H and O–H groups in total. The molecule has 4 nitrogen and oxygen atoms in total. The van der Waals surface area contributed by atoms with E-state index >= 15 is 0 Å². The van der Waals surface area contributed by atoms with Gasteiger partial charge in [-0.05, 0) is 56.4 Å². The Morgan fingerprint density at radius 1 is 1.13 bits per heavy atom. The summed E-state index contributed by atoms with van der Waals surface area (Å²) in [5.74, 6) is 2.29. The molecule has 23 heavy (non-hydrogen) atoms. The van der Waals surface area contributed by atoms with Crippen LogP contribution >= 0.6 is 0 Å². The molecule has 4 heteroatoms. The number of methoxy groups -OCH3 is 1. The second-order valence-electron chi connectivity index (χ2n) is 7.65. The molecule has 0 spiro atoms. The van der Waals surface area contributed by atoms with Gasteiger partial charge in [-0.1, -0.05) is 19.8 Å². The molecule has 0 aromatic carbocycles. The van der Waals surface area contributed by atoms with E-state index in [0.717, 1.165) is 31.5 Å². The highest BCUT2D eigenvalue weighted by molar-refractivity contribution is 4.96. The van der Waals surface area contributed by atoms with Crippen molar-refractivity contribution in [3.8, 4) is 0 Å². The molecular weight excluding hydrogens is 290 g/mol. The number of hydrogen-bond donors (Lipinski definition) is 1. The third kappa shape index (κ3) is 4.28. The van der Waals surface area contributed by atoms with Crippen LogP contribution < -0.4 is 5.32 Å². The lowest BCUT2D eigenvalue weighted by atomic mass is 9.67. The quantitative estimate of drug-likeness (QED) is 0.762. The number of hydrogen-bond acceptors (Lipinski definition) is 4. The van der Waals surface area contributed by atoms with E-state index in [-0.39, 0.29) is 0 Å². The van der Waals surface area contributed by atoms with E-state index in [2.05, 4.69) is 12.2 Å². The van der Waals surface area contributed by atoms with Crippen molar-refractivity contribution in [2.75, 3.05) is 33.5 Å². The van der Waals surface area contributed by atoms with E-state index in [0.29, 0.717) is 30.8 Å². The standard InChI is InChI=1S/C19H35NO3/c1-3-5-15-16-6-4-9-20-18(16)13-23-19-8-7-14(12-17(15)19)22-11-10-21-2/h14-20H,3-13H2,1-2H3/t14-,15+,16?,17?,18+,19?/m0/s1. The van der Waals surface area contributed by atoms with Gasteiger partial charge in [-0.3, -0.25) is 0 Å². The Kier molecular flexibility index (Phi) is 6.75. The van der Waals surface area contributed by atoms with E-state index < -0.39 is 0 Å². The largest absolute Gasteiger partial charge is 0.382 e. The molecule has 3 unspecified atom stereocenters. The second-order valence-corrected chi connectivity index (χ2v) is 7.65. The van der Waals surface area contributed by atoms with Crippen molar-refractivity contribution >= 4 is 0 Å². The van der Waals surface area contributed by atoms with Gasteiger partial charge in [0.25, 0.3) is 0 Å². The first-order valence-corrected chi connectivity index (χ1v) is 9.79. The lowest BCUT2D eigenvalue weighted by Crippen LogP contribution is -2.47. The molecule has 1 saturated carbocycles. The monoisotopic (exact) mass is 325 g/mol. The highest BCUT2D eigenvalue weighted by atomic mass is 16.5. The zero-order valence-corrected chi connectivity index (χ0v) is 15.0. The van der Waals surface area contributed by atoms with Gasteiger partial charge in [-0.15, -0.1) is 0 Å². The van der Waals surface area contributed by atoms with E-state index in [9.17, 15) is 0 Å². The van der Waals surface area contributed by atoms with E-state index in [1.807, 2.05) is 0 Å². The van der Waals surface area contributed by atoms with Crippen molar-refractivity contribution in [3.63, 3.8) is 0 Å². The minimum atomic E-state index is 0.405. The molecule has 0 aromatic rings. The van der Waals surface area contributed by atoms with Crippen LogP contribution in [0.3, 0.4) is 0 Å². The molecule has 0 radical (unpaired) electrons. The third-order valence-electron chi connectivity index (χ3n) is 6.28. The summed E-state index contributed by atoms with van der Waals surface area (Å²) in [5, 5.41) is 3.74. The maximum absolute atomic E-state index is 6.38. The molecule has 1 aliphatic carbocycles. The van der Waals surface area contributed by atoms with Crippen molar-refractivity contribution in [1.29, 1.82) is 0 Å². The average Bonchev–Trinajstić information content (AvgIpc) is 2.73. The van der Waals surface area contributed by atoms with Gasteiger partial charge in [0.05, 0.1) is 32.0 Å². The van der Waals surface area contributed by atoms with Crippen LogP contribution in [0.2, 0.25) is 0 Å². The molecule has 3 rings (SSSR count). The summed E-state index contributed by atoms with van der Waals surface area (Å²) >= 11 is 0. The topological polar surface area (TPSA) is 39.7 Å². The minimum absolute atomic E-state index is 0.405. The highest BCUT2D eigenvalue weighted by Gasteiger charge is 2.45. The predicted octanol–water partition coefficient (Wildman–Crippen LogP) is 3.00. The van der Waals surface area contributed by atoms with Crippen molar-refractivity contribution in [2.24, 2.45) is 17.8 Å². The summed E-state index contributed by atoms with van der Waals surface area (Å²) in [6, 6.07) is 0.582. The molecule has 6 atom stereocenters. The van der Waals surface area contributed by atoms with Crippen LogP contribution in [0.5, 0.6) is 0 Å². The Morgan fingerprint density at radius 3 is 2.87 bits per heavy atom. The van der Waals surface area contributed by atoms with Gasteiger partial charge in [-0.2, -0.15) is 0 Å². The number of rotatable bonds is 6. The summed E-state index contributed by atoms with van der Waals surface area (Å²) in [5.41, 5.74) is 0. The van der Waals surface area contributed by atoms with Gasteiger partial charge >= 0.3 is 0 Å². The lowest BCUT2D eigenvalue weighted by Gasteiger charge is -2.42. The van der Waals surface area contributed by atoms with Gasteiger partial charge in [0.15, 0.2) is 0 Å². The molecule has 0 bridgehead atoms. The van der Waals surface area contributed by atoms with Gasteiger partial charge in [0.1, 0.15) is 0 Å². The van der Waals surface area contributed by atoms with Crippen molar-refractivity contribution < 1.29 is 14.2 Å². The number of nitrogens with one attached hydrogen (secondary N) is 1. The van der Waals surface area contributed by atoms with Crippen LogP contribution in [0.25, 0.3) is 0 Å². The normalized spacial score (nSPS) is 41.0. The van der Waals surface area contributed by atoms with Gasteiger partial charge in [-0.25, -0.2) is 0 Å². The summed E-state index contributed by atoms with van der Waals surface area (Å²) in [6.07, 6.45) is 9.70. The maximum Gasteiger partial charge on any atom is 0.0704 e. The van der Waals surface area contributed by atoms with Gasteiger partial charge in [0.2, 0.25) is 0 Å². The molecule has 3 fully saturated rings. The minimum Gasteiger partial charge on any atom is -0.382 e. The van der Waals surface area contributed by atoms with Crippen LogP contribution in [-0.4, -0.2) is 51.7 Å². The molecule has 134 valence electrons. The first kappa shape index (κ1) is 17.7. The Labute approximate surface area is 141 Å². The van der Waals surface area contributed by atoms with Crippen molar-refractivity contribution in [1.82, 2.24) is 5.32 Å². The second kappa shape index (κ2) is 8.80. The fourth-order valence-corrected chi connectivity index (χ4v) is 5.22. The van der Waals surface area contributed by atoms with Crippen LogP contribution in [0, 0.1) is 17.8 Å². The van der Waals surface area contributed by atoms with E-state index in [4.69, 9.17) is 14.2 Å². The zero-order chi connectivity index (χ0) is 16.1. The van der Waals surface area contributed by atoms with Crippen LogP contribution in [0.4, 0.5) is 0 Å². The molecule has 0 amide bonds. The smallest absolute Gasteiger partial charge is 0.0704 e. The van der Waals surface area contributed by atoms with Crippen molar-refractivity contribution in [2.45, 2.75) is 70.1 Å². The van der Waals surface area contributed by atoms with Gasteiger partial charge < -0.3 is 19.5 Å². The summed E-state index contributed by atoms with van der Waals surface area (Å²) in [6.45, 7) is 5.85. The fraction of sp³-hybridized carbons (Fsp3) is 1.00. The SMILES string of the molecule is CCC[C@H]1C2C[C@@H](OCCOC)CCC2OC[C@H]2NCCCC12. The maximum atomic E-state index is 6.38.